The predicted molar refractivity (Wildman–Crippen MR) is 303 cm³/mol. The zero-order chi connectivity index (χ0) is 57.5. The van der Waals surface area contributed by atoms with Crippen LogP contribution in [0, 0.1) is 10.8 Å². The van der Waals surface area contributed by atoms with Gasteiger partial charge in [-0.2, -0.15) is 139 Å². The lowest BCUT2D eigenvalue weighted by molar-refractivity contribution is -0.186. The molecule has 0 amide bonds. The molecule has 0 aromatic carbocycles. The molecule has 0 aliphatic heterocycles. The highest BCUT2D eigenvalue weighted by Gasteiger charge is 2.38. The quantitative estimate of drug-likeness (QED) is 0.0187. The number of aliphatic hydroxyl groups is 1. The molecule has 430 valence electrons. The van der Waals surface area contributed by atoms with Crippen LogP contribution in [0.5, 0.6) is 0 Å². The minimum Gasteiger partial charge on any atom is -0.464 e. The topological polar surface area (TPSA) is 310 Å². The Hall–Kier alpha value is -2.02. The van der Waals surface area contributed by atoms with E-state index in [2.05, 4.69) is 139 Å². The van der Waals surface area contributed by atoms with Gasteiger partial charge in [-0.25, -0.2) is 0 Å². The van der Waals surface area contributed by atoms with E-state index in [1.807, 2.05) is 6.92 Å². The predicted octanol–water partition coefficient (Wildman–Crippen LogP) is 1.37. The molecule has 0 aliphatic carbocycles. The molecule has 0 saturated carbocycles. The number of hydrogen-bond acceptors (Lipinski definition) is 34. The monoisotopic (exact) mass is 1270 g/mol. The fraction of sp³-hybridized carbons (Fsp3) is 0.725. The maximum atomic E-state index is 11.4. The van der Waals surface area contributed by atoms with Crippen molar-refractivity contribution in [3.05, 3.63) is 0 Å². The summed E-state index contributed by atoms with van der Waals surface area (Å²) in [4.78, 5) is 122. The fourth-order valence-corrected chi connectivity index (χ4v) is 4.84. The SMILES string of the molecule is CCC(OC(=O)CS)OC(=O)CS.CCCCC(OC(=O)CS)OC(=O)CS.O=C(CS)OCC(CO)(COC(=O)CS)COC(=O)CS.O=C(CS)OCC(COC(=O)CS)(COC(=O)CS)COC(=O)CS. The zero-order valence-corrected chi connectivity index (χ0v) is 50.1. The molecule has 0 aliphatic rings. The van der Waals surface area contributed by atoms with E-state index in [1.54, 1.807) is 6.92 Å². The molecule has 74 heavy (non-hydrogen) atoms. The summed E-state index contributed by atoms with van der Waals surface area (Å²) in [6, 6.07) is 0. The van der Waals surface area contributed by atoms with Crippen LogP contribution < -0.4 is 0 Å². The minimum atomic E-state index is -1.28. The summed E-state index contributed by atoms with van der Waals surface area (Å²) in [7, 11) is 0. The van der Waals surface area contributed by atoms with Crippen molar-refractivity contribution >= 4 is 205 Å². The number of hydrogen-bond donors (Lipinski definition) is 12. The maximum absolute atomic E-state index is 11.4. The lowest BCUT2D eigenvalue weighted by atomic mass is 9.92. The van der Waals surface area contributed by atoms with E-state index in [0.717, 1.165) is 12.8 Å². The Kier molecular flexibility index (Phi) is 53.5. The third-order valence-electron chi connectivity index (χ3n) is 7.71. The molecule has 0 saturated heterocycles. The van der Waals surface area contributed by atoms with Crippen molar-refractivity contribution in [2.75, 3.05) is 116 Å². The number of rotatable bonds is 34. The van der Waals surface area contributed by atoms with E-state index < -0.39 is 95.7 Å². The molecule has 0 fully saturated rings. The summed E-state index contributed by atoms with van der Waals surface area (Å²) >= 11 is 41.3. The van der Waals surface area contributed by atoms with Crippen molar-refractivity contribution in [2.45, 2.75) is 52.1 Å². The van der Waals surface area contributed by atoms with Gasteiger partial charge in [0.15, 0.2) is 0 Å². The molecular weight excluding hydrogens is 1200 g/mol. The van der Waals surface area contributed by atoms with Crippen molar-refractivity contribution in [3.8, 4) is 0 Å². The standard InChI is InChI=1S/C13H20O8S4.C11H18O7S3.C9H16O4S2.C7H12O4S2/c14-9(1-22)18-5-13(6-19-10(15)2-23,7-20-11(16)3-24)8-21-12(17)4-25;12-4-11(5-16-8(13)1-19,6-17-9(14)2-20)7-18-10(15)3-21;1-2-3-4-9(12-7(10)5-14)13-8(11)6-15;1-2-7(10-5(8)3-12)11-6(9)4-13/h22-25H,1-8H2;12,19-21H,1-7H2;9,14-15H,2-6H2,1H3;7,12-13H,2-4H2,1H3. The molecule has 0 heterocycles. The number of aliphatic hydroxyl groups excluding tert-OH is 1. The first-order chi connectivity index (χ1) is 35.0. The lowest BCUT2D eigenvalue weighted by Gasteiger charge is -2.31. The number of carbonyl (C=O) groups excluding carboxylic acids is 11. The number of carbonyl (C=O) groups is 11. The largest absolute Gasteiger partial charge is 0.464 e. The van der Waals surface area contributed by atoms with Crippen LogP contribution in [-0.4, -0.2) is 199 Å². The number of ether oxygens (including phenoxy) is 11. The van der Waals surface area contributed by atoms with Gasteiger partial charge in [-0.15, -0.1) is 0 Å². The van der Waals surface area contributed by atoms with Gasteiger partial charge < -0.3 is 57.2 Å². The highest BCUT2D eigenvalue weighted by Crippen LogP contribution is 2.22. The van der Waals surface area contributed by atoms with Crippen LogP contribution in [0.2, 0.25) is 0 Å². The summed E-state index contributed by atoms with van der Waals surface area (Å²) in [5, 5.41) is 9.50. The summed E-state index contributed by atoms with van der Waals surface area (Å²) in [6.07, 6.45) is 1.07. The normalized spacial score (nSPS) is 10.5. The molecule has 23 nitrogen and oxygen atoms in total. The molecule has 0 aromatic heterocycles. The third-order valence-corrected chi connectivity index (χ3v) is 10.5. The Morgan fingerprint density at radius 1 is 0.338 bits per heavy atom. The third kappa shape index (κ3) is 44.0. The molecular formula is C40H66O23S11. The second kappa shape index (κ2) is 50.5. The van der Waals surface area contributed by atoms with E-state index in [0.29, 0.717) is 12.8 Å². The first-order valence-electron chi connectivity index (χ1n) is 21.2. The van der Waals surface area contributed by atoms with Crippen molar-refractivity contribution < 1.29 is 110 Å². The Labute approximate surface area is 490 Å². The summed E-state index contributed by atoms with van der Waals surface area (Å²) in [5.41, 5.74) is -2.52. The molecule has 0 rings (SSSR count). The van der Waals surface area contributed by atoms with E-state index in [4.69, 9.17) is 52.1 Å². The summed E-state index contributed by atoms with van der Waals surface area (Å²) in [5.74, 6) is -7.71. The van der Waals surface area contributed by atoms with Gasteiger partial charge >= 0.3 is 65.7 Å². The van der Waals surface area contributed by atoms with Crippen LogP contribution in [-0.2, 0) is 105 Å². The first-order valence-corrected chi connectivity index (χ1v) is 28.2. The van der Waals surface area contributed by atoms with E-state index in [1.165, 1.54) is 0 Å². The molecule has 0 atom stereocenters. The van der Waals surface area contributed by atoms with E-state index in [9.17, 15) is 57.8 Å². The average molecular weight is 1270 g/mol. The van der Waals surface area contributed by atoms with E-state index >= 15 is 0 Å². The van der Waals surface area contributed by atoms with Gasteiger partial charge in [0, 0.05) is 12.8 Å². The second-order valence-corrected chi connectivity index (χ2v) is 17.4. The van der Waals surface area contributed by atoms with Gasteiger partial charge in [-0.05, 0) is 6.42 Å². The van der Waals surface area contributed by atoms with Gasteiger partial charge in [0.2, 0.25) is 12.6 Å². The van der Waals surface area contributed by atoms with Crippen molar-refractivity contribution in [3.63, 3.8) is 0 Å². The van der Waals surface area contributed by atoms with Gasteiger partial charge in [-0.3, -0.25) is 52.7 Å². The smallest absolute Gasteiger partial charge is 0.318 e. The Morgan fingerprint density at radius 2 is 0.541 bits per heavy atom. The molecule has 0 aromatic rings. The van der Waals surface area contributed by atoms with Gasteiger partial charge in [0.05, 0.1) is 75.3 Å². The van der Waals surface area contributed by atoms with Crippen molar-refractivity contribution in [2.24, 2.45) is 10.8 Å². The summed E-state index contributed by atoms with van der Waals surface area (Å²) in [6.45, 7) is 1.04. The van der Waals surface area contributed by atoms with Crippen LogP contribution in [0.1, 0.15) is 39.5 Å². The highest BCUT2D eigenvalue weighted by molar-refractivity contribution is 7.82. The van der Waals surface area contributed by atoms with Crippen molar-refractivity contribution in [1.82, 2.24) is 0 Å². The summed E-state index contributed by atoms with van der Waals surface area (Å²) < 4.78 is 53.9. The molecule has 0 bridgehead atoms. The number of unbranched alkanes of at least 4 members (excludes halogenated alkanes) is 1. The Bertz CT molecular complexity index is 1510. The second-order valence-electron chi connectivity index (χ2n) is 13.9. The van der Waals surface area contributed by atoms with Crippen LogP contribution >= 0.6 is 139 Å². The Morgan fingerprint density at radius 3 is 0.716 bits per heavy atom. The van der Waals surface area contributed by atoms with Gasteiger partial charge in [0.1, 0.15) is 51.7 Å². The molecule has 0 unspecified atom stereocenters. The maximum Gasteiger partial charge on any atom is 0.318 e. The van der Waals surface area contributed by atoms with Crippen LogP contribution in [0.25, 0.3) is 0 Å². The van der Waals surface area contributed by atoms with Gasteiger partial charge in [0.25, 0.3) is 0 Å². The highest BCUT2D eigenvalue weighted by atomic mass is 32.1. The van der Waals surface area contributed by atoms with E-state index in [-0.39, 0.29) is 110 Å². The zero-order valence-electron chi connectivity index (χ0n) is 40.3. The lowest BCUT2D eigenvalue weighted by Crippen LogP contribution is -2.44. The number of thiol groups is 11. The molecule has 34 heteroatoms. The van der Waals surface area contributed by atoms with Crippen molar-refractivity contribution in [1.29, 1.82) is 0 Å². The average Bonchev–Trinajstić information content (AvgIpc) is 3.42. The number of esters is 11. The first kappa shape index (κ1) is 78.5. The minimum absolute atomic E-state index is 0.0267. The molecule has 0 spiro atoms. The van der Waals surface area contributed by atoms with Crippen LogP contribution in [0.4, 0.5) is 0 Å². The van der Waals surface area contributed by atoms with Crippen LogP contribution in [0.15, 0.2) is 0 Å². The van der Waals surface area contributed by atoms with Crippen LogP contribution in [0.3, 0.4) is 0 Å². The fourth-order valence-electron chi connectivity index (χ4n) is 3.91. The molecule has 1 N–H and O–H groups in total. The Balaban J connectivity index is -0.000000455. The van der Waals surface area contributed by atoms with Gasteiger partial charge in [-0.1, -0.05) is 20.3 Å². The molecule has 0 radical (unpaired) electrons.